The van der Waals surface area contributed by atoms with E-state index in [0.717, 1.165) is 11.1 Å². The summed E-state index contributed by atoms with van der Waals surface area (Å²) in [5, 5.41) is 3.31. The molecule has 4 nitrogen and oxygen atoms in total. The minimum absolute atomic E-state index is 0.0270. The lowest BCUT2D eigenvalue weighted by atomic mass is 9.98. The Morgan fingerprint density at radius 3 is 2.44 bits per heavy atom. The van der Waals surface area contributed by atoms with Crippen LogP contribution in [0, 0.1) is 6.92 Å². The van der Waals surface area contributed by atoms with E-state index in [1.54, 1.807) is 25.1 Å². The molecule has 0 aliphatic heterocycles. The van der Waals surface area contributed by atoms with Crippen LogP contribution in [-0.2, 0) is 14.3 Å². The van der Waals surface area contributed by atoms with Gasteiger partial charge in [0.1, 0.15) is 0 Å². The summed E-state index contributed by atoms with van der Waals surface area (Å²) >= 11 is 6.04. The van der Waals surface area contributed by atoms with Gasteiger partial charge >= 0.3 is 5.97 Å². The van der Waals surface area contributed by atoms with Gasteiger partial charge in [-0.05, 0) is 43.0 Å². The molecule has 0 aromatic heterocycles. The largest absolute Gasteiger partial charge is 0.453 e. The number of carbonyl (C=O) groups excluding carboxylic acids is 2. The lowest BCUT2D eigenvalue weighted by Gasteiger charge is -2.17. The Labute approximate surface area is 153 Å². The zero-order chi connectivity index (χ0) is 18.4. The minimum Gasteiger partial charge on any atom is -0.453 e. The summed E-state index contributed by atoms with van der Waals surface area (Å²) in [6.45, 7) is 5.33. The van der Waals surface area contributed by atoms with Gasteiger partial charge in [-0.25, -0.2) is 0 Å². The summed E-state index contributed by atoms with van der Waals surface area (Å²) in [5.74, 6) is -0.757. The topological polar surface area (TPSA) is 55.4 Å². The second kappa shape index (κ2) is 8.67. The number of ether oxygens (including phenoxy) is 1. The zero-order valence-electron chi connectivity index (χ0n) is 14.6. The standard InChI is InChI=1S/C20H22ClNO3/c1-13(16-8-5-4-6-9-16)12-19(23)25-15(3)20(24)22-18-11-7-10-17(21)14(18)2/h4-11,13,15H,12H2,1-3H3,(H,22,24)/t13-,15-/m0/s1. The number of hydrogen-bond acceptors (Lipinski definition) is 3. The van der Waals surface area contributed by atoms with Gasteiger partial charge in [0.15, 0.2) is 6.10 Å². The normalized spacial score (nSPS) is 13.0. The molecule has 2 rings (SSSR count). The van der Waals surface area contributed by atoms with E-state index in [4.69, 9.17) is 16.3 Å². The van der Waals surface area contributed by atoms with Gasteiger partial charge in [-0.2, -0.15) is 0 Å². The highest BCUT2D eigenvalue weighted by atomic mass is 35.5. The summed E-state index contributed by atoms with van der Waals surface area (Å²) in [6.07, 6.45) is -0.661. The van der Waals surface area contributed by atoms with Crippen molar-refractivity contribution in [3.05, 3.63) is 64.7 Å². The molecule has 0 radical (unpaired) electrons. The van der Waals surface area contributed by atoms with Gasteiger partial charge in [0.05, 0.1) is 6.42 Å². The molecule has 132 valence electrons. The number of hydrogen-bond donors (Lipinski definition) is 1. The van der Waals surface area contributed by atoms with Gasteiger partial charge in [0, 0.05) is 10.7 Å². The smallest absolute Gasteiger partial charge is 0.307 e. The van der Waals surface area contributed by atoms with Crippen LogP contribution in [0.2, 0.25) is 5.02 Å². The van der Waals surface area contributed by atoms with E-state index in [9.17, 15) is 9.59 Å². The van der Waals surface area contributed by atoms with Crippen molar-refractivity contribution in [2.75, 3.05) is 5.32 Å². The Kier molecular flexibility index (Phi) is 6.59. The lowest BCUT2D eigenvalue weighted by molar-refractivity contribution is -0.153. The molecule has 0 aliphatic carbocycles. The lowest BCUT2D eigenvalue weighted by Crippen LogP contribution is -2.30. The molecular weight excluding hydrogens is 338 g/mol. The van der Waals surface area contributed by atoms with Crippen LogP contribution < -0.4 is 5.32 Å². The van der Waals surface area contributed by atoms with Crippen LogP contribution >= 0.6 is 11.6 Å². The van der Waals surface area contributed by atoms with Crippen molar-refractivity contribution < 1.29 is 14.3 Å². The van der Waals surface area contributed by atoms with Crippen molar-refractivity contribution in [3.63, 3.8) is 0 Å². The summed E-state index contributed by atoms with van der Waals surface area (Å²) in [5.41, 5.74) is 2.44. The van der Waals surface area contributed by atoms with Crippen LogP contribution in [0.15, 0.2) is 48.5 Å². The second-order valence-electron chi connectivity index (χ2n) is 6.05. The molecule has 0 aliphatic rings. The van der Waals surface area contributed by atoms with E-state index in [1.165, 1.54) is 0 Å². The molecule has 25 heavy (non-hydrogen) atoms. The molecule has 5 heteroatoms. The quantitative estimate of drug-likeness (QED) is 0.760. The number of rotatable bonds is 6. The first kappa shape index (κ1) is 19.0. The van der Waals surface area contributed by atoms with Crippen molar-refractivity contribution >= 4 is 29.2 Å². The number of benzene rings is 2. The van der Waals surface area contributed by atoms with Gasteiger partial charge in [-0.1, -0.05) is 54.9 Å². The second-order valence-corrected chi connectivity index (χ2v) is 6.46. The van der Waals surface area contributed by atoms with Gasteiger partial charge in [-0.3, -0.25) is 9.59 Å². The number of nitrogens with one attached hydrogen (secondary N) is 1. The number of esters is 1. The molecular formula is C20H22ClNO3. The minimum atomic E-state index is -0.881. The van der Waals surface area contributed by atoms with E-state index in [1.807, 2.05) is 44.2 Å². The molecule has 0 unspecified atom stereocenters. The highest BCUT2D eigenvalue weighted by Gasteiger charge is 2.20. The highest BCUT2D eigenvalue weighted by molar-refractivity contribution is 6.31. The van der Waals surface area contributed by atoms with E-state index in [-0.39, 0.29) is 18.2 Å². The van der Waals surface area contributed by atoms with Gasteiger partial charge < -0.3 is 10.1 Å². The van der Waals surface area contributed by atoms with Crippen molar-refractivity contribution in [1.82, 2.24) is 0 Å². The maximum Gasteiger partial charge on any atom is 0.307 e. The molecule has 0 heterocycles. The van der Waals surface area contributed by atoms with Crippen LogP contribution in [0.4, 0.5) is 5.69 Å². The third kappa shape index (κ3) is 5.33. The third-order valence-electron chi connectivity index (χ3n) is 4.04. The fraction of sp³-hybridized carbons (Fsp3) is 0.300. The molecule has 1 amide bonds. The molecule has 0 fully saturated rings. The SMILES string of the molecule is Cc1c(Cl)cccc1NC(=O)[C@H](C)OC(=O)C[C@H](C)c1ccccc1. The number of carbonyl (C=O) groups is 2. The highest BCUT2D eigenvalue weighted by Crippen LogP contribution is 2.23. The zero-order valence-corrected chi connectivity index (χ0v) is 15.3. The van der Waals surface area contributed by atoms with E-state index < -0.39 is 12.1 Å². The maximum atomic E-state index is 12.2. The fourth-order valence-electron chi connectivity index (χ4n) is 2.43. The van der Waals surface area contributed by atoms with E-state index in [2.05, 4.69) is 5.32 Å². The van der Waals surface area contributed by atoms with Gasteiger partial charge in [-0.15, -0.1) is 0 Å². The van der Waals surface area contributed by atoms with Crippen molar-refractivity contribution in [3.8, 4) is 0 Å². The molecule has 1 N–H and O–H groups in total. The summed E-state index contributed by atoms with van der Waals surface area (Å²) < 4.78 is 5.26. The van der Waals surface area contributed by atoms with Crippen LogP contribution in [0.25, 0.3) is 0 Å². The Bertz CT molecular complexity index is 746. The predicted molar refractivity (Wildman–Crippen MR) is 99.8 cm³/mol. The molecule has 2 atom stereocenters. The number of halogens is 1. The maximum absolute atomic E-state index is 12.2. The predicted octanol–water partition coefficient (Wildman–Crippen LogP) is 4.71. The first-order valence-corrected chi connectivity index (χ1v) is 8.56. The summed E-state index contributed by atoms with van der Waals surface area (Å²) in [6, 6.07) is 15.0. The van der Waals surface area contributed by atoms with Gasteiger partial charge in [0.2, 0.25) is 0 Å². The molecule has 0 saturated carbocycles. The Morgan fingerprint density at radius 1 is 1.08 bits per heavy atom. The number of amides is 1. The first-order chi connectivity index (χ1) is 11.9. The first-order valence-electron chi connectivity index (χ1n) is 8.19. The van der Waals surface area contributed by atoms with Crippen LogP contribution in [0.1, 0.15) is 37.3 Å². The van der Waals surface area contributed by atoms with Crippen molar-refractivity contribution in [2.45, 2.75) is 39.2 Å². The third-order valence-corrected chi connectivity index (χ3v) is 4.45. The van der Waals surface area contributed by atoms with Crippen molar-refractivity contribution in [1.29, 1.82) is 0 Å². The summed E-state index contributed by atoms with van der Waals surface area (Å²) in [4.78, 5) is 24.3. The van der Waals surface area contributed by atoms with E-state index >= 15 is 0 Å². The van der Waals surface area contributed by atoms with Crippen LogP contribution in [-0.4, -0.2) is 18.0 Å². The Morgan fingerprint density at radius 2 is 1.76 bits per heavy atom. The van der Waals surface area contributed by atoms with E-state index in [0.29, 0.717) is 10.7 Å². The van der Waals surface area contributed by atoms with Crippen LogP contribution in [0.3, 0.4) is 0 Å². The molecule has 0 saturated heterocycles. The van der Waals surface area contributed by atoms with Gasteiger partial charge in [0.25, 0.3) is 5.91 Å². The molecule has 2 aromatic rings. The number of anilines is 1. The fourth-order valence-corrected chi connectivity index (χ4v) is 2.60. The molecule has 0 bridgehead atoms. The average molecular weight is 360 g/mol. The summed E-state index contributed by atoms with van der Waals surface area (Å²) in [7, 11) is 0. The average Bonchev–Trinajstić information content (AvgIpc) is 2.59. The van der Waals surface area contributed by atoms with Crippen LogP contribution in [0.5, 0.6) is 0 Å². The monoisotopic (exact) mass is 359 g/mol. The van der Waals surface area contributed by atoms with Crippen molar-refractivity contribution in [2.24, 2.45) is 0 Å². The Balaban J connectivity index is 1.90. The Hall–Kier alpha value is -2.33. The molecule has 0 spiro atoms. The molecule has 2 aromatic carbocycles.